The van der Waals surface area contributed by atoms with Crippen LogP contribution in [0.4, 0.5) is 0 Å². The van der Waals surface area contributed by atoms with Crippen molar-refractivity contribution in [3.05, 3.63) is 27.2 Å². The third-order valence-electron chi connectivity index (χ3n) is 5.88. The third kappa shape index (κ3) is 3.05. The summed E-state index contributed by atoms with van der Waals surface area (Å²) in [5.74, 6) is 0.880. The standard InChI is InChI=1S/C18H26N4O3/c1-18(25)7-5-13(6-8-18)10-22-16(23)14-15(20(2)17(22)24)19-11-21(14)9-12-3-4-12/h11-13,25H,3-10H2,1-2H3/t13-,18+. The monoisotopic (exact) mass is 346 g/mol. The zero-order valence-electron chi connectivity index (χ0n) is 14.9. The van der Waals surface area contributed by atoms with Crippen molar-refractivity contribution in [3.63, 3.8) is 0 Å². The normalized spacial score (nSPS) is 27.1. The second-order valence-electron chi connectivity index (χ2n) is 8.21. The Morgan fingerprint density at radius 1 is 1.16 bits per heavy atom. The van der Waals surface area contributed by atoms with E-state index in [4.69, 9.17) is 0 Å². The first-order chi connectivity index (χ1) is 11.9. The quantitative estimate of drug-likeness (QED) is 0.903. The van der Waals surface area contributed by atoms with Crippen LogP contribution in [0, 0.1) is 11.8 Å². The summed E-state index contributed by atoms with van der Waals surface area (Å²) in [6.07, 6.45) is 7.18. The van der Waals surface area contributed by atoms with Gasteiger partial charge in [-0.05, 0) is 57.3 Å². The molecule has 1 N–H and O–H groups in total. The minimum absolute atomic E-state index is 0.228. The molecular weight excluding hydrogens is 320 g/mol. The molecule has 7 heteroatoms. The molecule has 2 aliphatic rings. The van der Waals surface area contributed by atoms with Gasteiger partial charge in [0.1, 0.15) is 0 Å². The van der Waals surface area contributed by atoms with E-state index in [0.717, 1.165) is 19.4 Å². The van der Waals surface area contributed by atoms with Gasteiger partial charge in [0.15, 0.2) is 11.2 Å². The fourth-order valence-electron chi connectivity index (χ4n) is 3.94. The number of aryl methyl sites for hydroxylation is 1. The average Bonchev–Trinajstić information content (AvgIpc) is 3.28. The molecule has 25 heavy (non-hydrogen) atoms. The third-order valence-corrected chi connectivity index (χ3v) is 5.88. The average molecular weight is 346 g/mol. The summed E-state index contributed by atoms with van der Waals surface area (Å²) in [4.78, 5) is 30.0. The molecule has 7 nitrogen and oxygen atoms in total. The van der Waals surface area contributed by atoms with Crippen molar-refractivity contribution >= 4 is 11.2 Å². The van der Waals surface area contributed by atoms with Gasteiger partial charge in [-0.25, -0.2) is 9.78 Å². The number of imidazole rings is 1. The Morgan fingerprint density at radius 2 is 1.80 bits per heavy atom. The maximum absolute atomic E-state index is 13.0. The predicted molar refractivity (Wildman–Crippen MR) is 94.5 cm³/mol. The van der Waals surface area contributed by atoms with Gasteiger partial charge in [-0.2, -0.15) is 0 Å². The van der Waals surface area contributed by atoms with E-state index in [2.05, 4.69) is 4.98 Å². The number of hydrogen-bond donors (Lipinski definition) is 1. The molecule has 136 valence electrons. The van der Waals surface area contributed by atoms with Crippen molar-refractivity contribution < 1.29 is 5.11 Å². The number of hydrogen-bond acceptors (Lipinski definition) is 4. The van der Waals surface area contributed by atoms with E-state index in [1.807, 2.05) is 11.5 Å². The van der Waals surface area contributed by atoms with E-state index in [1.165, 1.54) is 22.0 Å². The predicted octanol–water partition coefficient (Wildman–Crippen LogP) is 1.25. The zero-order valence-corrected chi connectivity index (χ0v) is 14.9. The van der Waals surface area contributed by atoms with E-state index in [0.29, 0.717) is 36.5 Å². The molecule has 2 aromatic rings. The Morgan fingerprint density at radius 3 is 2.44 bits per heavy atom. The molecule has 2 saturated carbocycles. The molecule has 0 aromatic carbocycles. The smallest absolute Gasteiger partial charge is 0.332 e. The van der Waals surface area contributed by atoms with Crippen LogP contribution < -0.4 is 11.2 Å². The maximum Gasteiger partial charge on any atom is 0.332 e. The topological polar surface area (TPSA) is 82.0 Å². The molecular formula is C18H26N4O3. The Hall–Kier alpha value is -1.89. The lowest BCUT2D eigenvalue weighted by Gasteiger charge is -2.33. The summed E-state index contributed by atoms with van der Waals surface area (Å²) in [5.41, 5.74) is -0.130. The lowest BCUT2D eigenvalue weighted by Crippen LogP contribution is -2.42. The largest absolute Gasteiger partial charge is 0.390 e. The summed E-state index contributed by atoms with van der Waals surface area (Å²) in [5, 5.41) is 10.1. The molecule has 4 rings (SSSR count). The lowest BCUT2D eigenvalue weighted by molar-refractivity contribution is 0.00550. The highest BCUT2D eigenvalue weighted by molar-refractivity contribution is 5.69. The molecule has 2 aromatic heterocycles. The van der Waals surface area contributed by atoms with Crippen molar-refractivity contribution in [2.45, 2.75) is 64.1 Å². The molecule has 0 atom stereocenters. The number of aliphatic hydroxyl groups is 1. The Labute approximate surface area is 145 Å². The van der Waals surface area contributed by atoms with Crippen LogP contribution in [0.15, 0.2) is 15.9 Å². The van der Waals surface area contributed by atoms with Gasteiger partial charge in [0.05, 0.1) is 11.9 Å². The second-order valence-corrected chi connectivity index (χ2v) is 8.21. The summed E-state index contributed by atoms with van der Waals surface area (Å²) in [7, 11) is 1.68. The number of rotatable bonds is 4. The van der Waals surface area contributed by atoms with E-state index in [9.17, 15) is 14.7 Å². The lowest BCUT2D eigenvalue weighted by atomic mass is 9.80. The van der Waals surface area contributed by atoms with Crippen LogP contribution in [0.5, 0.6) is 0 Å². The van der Waals surface area contributed by atoms with E-state index in [1.54, 1.807) is 13.4 Å². The molecule has 0 aliphatic heterocycles. The summed E-state index contributed by atoms with van der Waals surface area (Å²) in [6, 6.07) is 0. The van der Waals surface area contributed by atoms with Gasteiger partial charge >= 0.3 is 5.69 Å². The summed E-state index contributed by atoms with van der Waals surface area (Å²) < 4.78 is 4.77. The second kappa shape index (κ2) is 5.83. The van der Waals surface area contributed by atoms with Crippen LogP contribution in [0.2, 0.25) is 0 Å². The molecule has 0 bridgehead atoms. The zero-order chi connectivity index (χ0) is 17.8. The van der Waals surface area contributed by atoms with Crippen molar-refractivity contribution in [2.75, 3.05) is 0 Å². The van der Waals surface area contributed by atoms with Gasteiger partial charge in [-0.15, -0.1) is 0 Å². The van der Waals surface area contributed by atoms with E-state index in [-0.39, 0.29) is 17.2 Å². The molecule has 0 spiro atoms. The van der Waals surface area contributed by atoms with Crippen LogP contribution in [-0.2, 0) is 20.1 Å². The molecule has 0 unspecified atom stereocenters. The SMILES string of the molecule is Cn1c(=O)n(C[C@H]2CC[C@@](C)(O)CC2)c(=O)c2c1ncn2CC1CC1. The van der Waals surface area contributed by atoms with Crippen LogP contribution in [-0.4, -0.2) is 29.4 Å². The first kappa shape index (κ1) is 16.6. The molecule has 2 fully saturated rings. The Balaban J connectivity index is 1.70. The van der Waals surface area contributed by atoms with Crippen molar-refractivity contribution in [3.8, 4) is 0 Å². The summed E-state index contributed by atoms with van der Waals surface area (Å²) in [6.45, 7) is 3.08. The first-order valence-corrected chi connectivity index (χ1v) is 9.23. The Kier molecular flexibility index (Phi) is 3.86. The number of aromatic nitrogens is 4. The van der Waals surface area contributed by atoms with Gasteiger partial charge < -0.3 is 9.67 Å². The van der Waals surface area contributed by atoms with Crippen molar-refractivity contribution in [2.24, 2.45) is 18.9 Å². The highest BCUT2D eigenvalue weighted by atomic mass is 16.3. The van der Waals surface area contributed by atoms with Crippen LogP contribution in [0.3, 0.4) is 0 Å². The molecule has 2 heterocycles. The minimum atomic E-state index is -0.612. The van der Waals surface area contributed by atoms with Crippen molar-refractivity contribution in [1.29, 1.82) is 0 Å². The van der Waals surface area contributed by atoms with Gasteiger partial charge in [0.25, 0.3) is 5.56 Å². The number of nitrogens with zero attached hydrogens (tertiary/aromatic N) is 4. The fraction of sp³-hybridized carbons (Fsp3) is 0.722. The highest BCUT2D eigenvalue weighted by Gasteiger charge is 2.30. The van der Waals surface area contributed by atoms with Gasteiger partial charge in [-0.3, -0.25) is 13.9 Å². The highest BCUT2D eigenvalue weighted by Crippen LogP contribution is 2.32. The van der Waals surface area contributed by atoms with Crippen LogP contribution in [0.1, 0.15) is 45.4 Å². The minimum Gasteiger partial charge on any atom is -0.390 e. The molecule has 0 radical (unpaired) electrons. The molecule has 0 saturated heterocycles. The molecule has 0 amide bonds. The first-order valence-electron chi connectivity index (χ1n) is 9.23. The maximum atomic E-state index is 13.0. The number of fused-ring (bicyclic) bond motifs is 1. The van der Waals surface area contributed by atoms with Gasteiger partial charge in [-0.1, -0.05) is 0 Å². The fourth-order valence-corrected chi connectivity index (χ4v) is 3.94. The summed E-state index contributed by atoms with van der Waals surface area (Å²) >= 11 is 0. The van der Waals surface area contributed by atoms with E-state index >= 15 is 0 Å². The van der Waals surface area contributed by atoms with Crippen molar-refractivity contribution in [1.82, 2.24) is 18.7 Å². The van der Waals surface area contributed by atoms with Crippen LogP contribution >= 0.6 is 0 Å². The van der Waals surface area contributed by atoms with Gasteiger partial charge in [0, 0.05) is 20.1 Å². The Bertz CT molecular complexity index is 907. The van der Waals surface area contributed by atoms with Crippen LogP contribution in [0.25, 0.3) is 11.2 Å². The van der Waals surface area contributed by atoms with E-state index < -0.39 is 5.60 Å². The molecule has 2 aliphatic carbocycles. The van der Waals surface area contributed by atoms with Gasteiger partial charge in [0.2, 0.25) is 0 Å².